The Kier molecular flexibility index (Phi) is 10.4. The van der Waals surface area contributed by atoms with Gasteiger partial charge in [-0.25, -0.2) is 9.18 Å². The number of aliphatic hydroxyl groups excluding tert-OH is 2. The molecule has 1 aromatic heterocycles. The van der Waals surface area contributed by atoms with Crippen LogP contribution in [0.2, 0.25) is 0 Å². The van der Waals surface area contributed by atoms with Crippen molar-refractivity contribution < 1.29 is 47.5 Å². The number of fused-ring (bicyclic) bond motifs is 1. The summed E-state index contributed by atoms with van der Waals surface area (Å²) in [6.45, 7) is 10.2. The van der Waals surface area contributed by atoms with Crippen molar-refractivity contribution in [3.05, 3.63) is 29.7 Å². The van der Waals surface area contributed by atoms with Crippen LogP contribution >= 0.6 is 0 Å². The molecule has 13 heteroatoms. The van der Waals surface area contributed by atoms with Crippen LogP contribution in [-0.4, -0.2) is 76.6 Å². The molecule has 2 atom stereocenters. The van der Waals surface area contributed by atoms with Gasteiger partial charge in [0.15, 0.2) is 0 Å². The number of carbonyl (C=O) groups is 1. The monoisotopic (exact) mass is 549 g/mol. The number of ether oxygens (including phenoxy) is 3. The summed E-state index contributed by atoms with van der Waals surface area (Å²) in [4.78, 5) is 11.8. The molecule has 0 aliphatic carbocycles. The van der Waals surface area contributed by atoms with Crippen LogP contribution in [0.5, 0.6) is 0 Å². The minimum Gasteiger partial charge on any atom is -0.444 e. The normalized spacial score (nSPS) is 14.4. The number of anilines is 1. The van der Waals surface area contributed by atoms with Crippen LogP contribution < -0.4 is 10.6 Å². The molecule has 10 nitrogen and oxygen atoms in total. The van der Waals surface area contributed by atoms with Gasteiger partial charge in [0.25, 0.3) is 0 Å². The number of aliphatic hydroxyl groups is 3. The second-order valence-corrected chi connectivity index (χ2v) is 10.6. The minimum absolute atomic E-state index is 0.0403. The summed E-state index contributed by atoms with van der Waals surface area (Å²) >= 11 is 0. The predicted molar refractivity (Wildman–Crippen MR) is 134 cm³/mol. The molecule has 0 spiro atoms. The lowest BCUT2D eigenvalue weighted by molar-refractivity contribution is -0.381. The number of carbonyl (C=O) groups excluding carboxylic acids is 1. The van der Waals surface area contributed by atoms with Gasteiger partial charge in [-0.15, -0.1) is 8.78 Å². The third-order valence-electron chi connectivity index (χ3n) is 5.34. The van der Waals surface area contributed by atoms with Crippen LogP contribution in [0.3, 0.4) is 0 Å². The molecule has 2 aromatic rings. The van der Waals surface area contributed by atoms with Gasteiger partial charge in [0.05, 0.1) is 43.7 Å². The number of hydrogen-bond acceptors (Lipinski definition) is 8. The fourth-order valence-electron chi connectivity index (χ4n) is 3.82. The van der Waals surface area contributed by atoms with Crippen molar-refractivity contribution in [3.63, 3.8) is 0 Å². The van der Waals surface area contributed by atoms with Gasteiger partial charge in [-0.2, -0.15) is 0 Å². The minimum atomic E-state index is -4.39. The van der Waals surface area contributed by atoms with E-state index in [1.54, 1.807) is 31.4 Å². The molecule has 0 fully saturated rings. The van der Waals surface area contributed by atoms with Crippen LogP contribution in [0, 0.1) is 5.82 Å². The highest BCUT2D eigenvalue weighted by Gasteiger charge is 2.30. The van der Waals surface area contributed by atoms with E-state index in [1.165, 1.54) is 19.1 Å². The lowest BCUT2D eigenvalue weighted by Gasteiger charge is -2.28. The van der Waals surface area contributed by atoms with Gasteiger partial charge < -0.3 is 40.0 Å². The number of benzene rings is 1. The number of nitrogens with zero attached hydrogens (tertiary/aromatic N) is 1. The summed E-state index contributed by atoms with van der Waals surface area (Å²) in [6.07, 6.45) is -7.50. The standard InChI is InChI=1S/C25H38F3N3O7/c1-15(37-25(27,28)35)30-19-9-16-10-21(31(12-17(33)13-32)20(16)11-18(19)26)24(5,6)14-36-8-7-29-22(34)38-23(2,3)4/h9-11,15,17,30,32-33,35H,7-8,12-14H2,1-6H3,(H,29,34)/t15?,17-/m1/s1. The number of aromatic nitrogens is 1. The number of amides is 1. The lowest BCUT2D eigenvalue weighted by atomic mass is 9.90. The molecule has 2 rings (SSSR count). The molecule has 0 bridgehead atoms. The van der Waals surface area contributed by atoms with Crippen molar-refractivity contribution in [2.24, 2.45) is 0 Å². The van der Waals surface area contributed by atoms with Gasteiger partial charge in [0.2, 0.25) is 0 Å². The van der Waals surface area contributed by atoms with E-state index in [1.807, 2.05) is 13.8 Å². The zero-order valence-corrected chi connectivity index (χ0v) is 22.5. The maximum absolute atomic E-state index is 14.9. The van der Waals surface area contributed by atoms with Crippen LogP contribution in [0.1, 0.15) is 47.2 Å². The number of alkyl halides is 2. The first-order chi connectivity index (χ1) is 17.4. The highest BCUT2D eigenvalue weighted by Crippen LogP contribution is 2.33. The Morgan fingerprint density at radius 3 is 2.39 bits per heavy atom. The molecule has 1 amide bonds. The number of alkyl carbamates (subject to hydrolysis) is 1. The zero-order chi connectivity index (χ0) is 28.9. The molecule has 0 saturated heterocycles. The highest BCUT2D eigenvalue weighted by molar-refractivity contribution is 5.85. The first-order valence-corrected chi connectivity index (χ1v) is 12.1. The number of hydrogen-bond donors (Lipinski definition) is 5. The van der Waals surface area contributed by atoms with Gasteiger partial charge in [-0.1, -0.05) is 13.8 Å². The Morgan fingerprint density at radius 2 is 1.82 bits per heavy atom. The summed E-state index contributed by atoms with van der Waals surface area (Å²) in [5.41, 5.74) is -0.370. The highest BCUT2D eigenvalue weighted by atomic mass is 19.3. The van der Waals surface area contributed by atoms with Gasteiger partial charge >= 0.3 is 12.4 Å². The van der Waals surface area contributed by atoms with E-state index in [-0.39, 0.29) is 32.0 Å². The van der Waals surface area contributed by atoms with E-state index < -0.39 is 48.2 Å². The van der Waals surface area contributed by atoms with E-state index in [9.17, 15) is 28.2 Å². The second-order valence-electron chi connectivity index (χ2n) is 10.6. The van der Waals surface area contributed by atoms with Gasteiger partial charge in [0.1, 0.15) is 17.6 Å². The molecule has 0 saturated carbocycles. The molecule has 1 aromatic carbocycles. The molecule has 0 aliphatic rings. The smallest absolute Gasteiger partial charge is 0.444 e. The molecule has 1 heterocycles. The zero-order valence-electron chi connectivity index (χ0n) is 22.5. The van der Waals surface area contributed by atoms with Gasteiger partial charge in [0, 0.05) is 29.1 Å². The summed E-state index contributed by atoms with van der Waals surface area (Å²) in [5.74, 6) is -0.777. The molecule has 1 unspecified atom stereocenters. The Morgan fingerprint density at radius 1 is 1.16 bits per heavy atom. The summed E-state index contributed by atoms with van der Waals surface area (Å²) < 4.78 is 57.1. The molecule has 216 valence electrons. The van der Waals surface area contributed by atoms with Crippen molar-refractivity contribution in [2.45, 2.75) is 77.7 Å². The Balaban J connectivity index is 2.23. The van der Waals surface area contributed by atoms with Crippen LogP contribution in [0.4, 0.5) is 23.7 Å². The molecule has 5 N–H and O–H groups in total. The van der Waals surface area contributed by atoms with Crippen LogP contribution in [0.25, 0.3) is 10.9 Å². The summed E-state index contributed by atoms with van der Waals surface area (Å²) in [5, 5.41) is 33.6. The Hall–Kier alpha value is -2.58. The van der Waals surface area contributed by atoms with E-state index in [0.717, 1.165) is 0 Å². The van der Waals surface area contributed by atoms with Gasteiger partial charge in [-0.05, 0) is 39.8 Å². The third-order valence-corrected chi connectivity index (χ3v) is 5.34. The quantitative estimate of drug-likeness (QED) is 0.190. The number of nitrogens with one attached hydrogen (secondary N) is 2. The maximum atomic E-state index is 14.9. The summed E-state index contributed by atoms with van der Waals surface area (Å²) in [6, 6.07) is 4.32. The largest absolute Gasteiger partial charge is 0.484 e. The molecular formula is C25H38F3N3O7. The lowest BCUT2D eigenvalue weighted by Crippen LogP contribution is -2.35. The first-order valence-electron chi connectivity index (χ1n) is 12.1. The molecular weight excluding hydrogens is 511 g/mol. The number of halogens is 3. The molecule has 0 aliphatic heterocycles. The van der Waals surface area contributed by atoms with Gasteiger partial charge in [-0.3, -0.25) is 4.74 Å². The van der Waals surface area contributed by atoms with Crippen LogP contribution in [-0.2, 0) is 26.2 Å². The average Bonchev–Trinajstić information content (AvgIpc) is 3.08. The second kappa shape index (κ2) is 12.5. The third kappa shape index (κ3) is 9.62. The van der Waals surface area contributed by atoms with E-state index in [0.29, 0.717) is 16.6 Å². The Bertz CT molecular complexity index is 1080. The van der Waals surface area contributed by atoms with E-state index in [2.05, 4.69) is 15.4 Å². The summed E-state index contributed by atoms with van der Waals surface area (Å²) in [7, 11) is 0. The van der Waals surface area contributed by atoms with Crippen molar-refractivity contribution in [1.29, 1.82) is 0 Å². The fraction of sp³-hybridized carbons (Fsp3) is 0.640. The number of rotatable bonds is 13. The first kappa shape index (κ1) is 31.6. The average molecular weight is 550 g/mol. The SMILES string of the molecule is CC(Nc1cc2cc(C(C)(C)COCCNC(=O)OC(C)(C)C)n(C[C@@H](O)CO)c2cc1F)OC(O)(F)F. The molecule has 38 heavy (non-hydrogen) atoms. The molecule has 0 radical (unpaired) electrons. The van der Waals surface area contributed by atoms with E-state index >= 15 is 0 Å². The maximum Gasteiger partial charge on any atom is 0.484 e. The van der Waals surface area contributed by atoms with Crippen LogP contribution in [0.15, 0.2) is 18.2 Å². The topological polar surface area (TPSA) is 134 Å². The fourth-order valence-corrected chi connectivity index (χ4v) is 3.82. The van der Waals surface area contributed by atoms with Crippen molar-refractivity contribution >= 4 is 22.7 Å². The van der Waals surface area contributed by atoms with Crippen molar-refractivity contribution in [2.75, 3.05) is 31.7 Å². The Labute approximate surface area is 219 Å². The van der Waals surface area contributed by atoms with Crippen molar-refractivity contribution in [3.8, 4) is 0 Å². The van der Waals surface area contributed by atoms with E-state index in [4.69, 9.17) is 14.6 Å². The predicted octanol–water partition coefficient (Wildman–Crippen LogP) is 3.27. The van der Waals surface area contributed by atoms with Crippen molar-refractivity contribution in [1.82, 2.24) is 9.88 Å².